The maximum Gasteiger partial charge on any atom is 0.326 e. The van der Waals surface area contributed by atoms with Crippen molar-refractivity contribution >= 4 is 23.2 Å². The maximum atomic E-state index is 11.9. The molecule has 0 spiro atoms. The van der Waals surface area contributed by atoms with Gasteiger partial charge in [-0.1, -0.05) is 20.3 Å². The fourth-order valence-corrected chi connectivity index (χ4v) is 2.26. The molecular weight excluding hydrogens is 266 g/mol. The summed E-state index contributed by atoms with van der Waals surface area (Å²) in [5, 5.41) is 13.9. The van der Waals surface area contributed by atoms with E-state index in [1.807, 2.05) is 6.92 Å². The van der Waals surface area contributed by atoms with Crippen LogP contribution in [0, 0.1) is 5.92 Å². The van der Waals surface area contributed by atoms with E-state index in [9.17, 15) is 9.59 Å². The van der Waals surface area contributed by atoms with Crippen molar-refractivity contribution in [3.8, 4) is 0 Å². The SMILES string of the molecule is CC[C@H](C)[C@H](NC(=O)c1csc(C(C)N)n1)C(=O)O. The molecule has 1 aromatic rings. The molecule has 0 radical (unpaired) electrons. The Kier molecular flexibility index (Phi) is 5.44. The van der Waals surface area contributed by atoms with Crippen LogP contribution in [0.4, 0.5) is 0 Å². The molecule has 1 heterocycles. The van der Waals surface area contributed by atoms with Crippen molar-refractivity contribution in [2.24, 2.45) is 11.7 Å². The zero-order valence-electron chi connectivity index (χ0n) is 11.2. The molecule has 0 bridgehead atoms. The number of carbonyl (C=O) groups is 2. The predicted molar refractivity (Wildman–Crippen MR) is 73.1 cm³/mol. The number of carbonyl (C=O) groups excluding carboxylic acids is 1. The van der Waals surface area contributed by atoms with Gasteiger partial charge in [0.25, 0.3) is 5.91 Å². The Morgan fingerprint density at radius 2 is 2.16 bits per heavy atom. The number of rotatable bonds is 6. The number of aromatic nitrogens is 1. The topological polar surface area (TPSA) is 105 Å². The molecule has 0 saturated carbocycles. The van der Waals surface area contributed by atoms with Crippen LogP contribution in [0.2, 0.25) is 0 Å². The lowest BCUT2D eigenvalue weighted by Crippen LogP contribution is -2.45. The van der Waals surface area contributed by atoms with Crippen molar-refractivity contribution in [1.29, 1.82) is 0 Å². The molecule has 1 amide bonds. The third kappa shape index (κ3) is 4.00. The molecule has 4 N–H and O–H groups in total. The first-order valence-electron chi connectivity index (χ1n) is 6.11. The second-order valence-electron chi connectivity index (χ2n) is 4.53. The first-order valence-corrected chi connectivity index (χ1v) is 6.99. The minimum absolute atomic E-state index is 0.145. The van der Waals surface area contributed by atoms with E-state index in [2.05, 4.69) is 10.3 Å². The molecule has 0 aliphatic heterocycles. The van der Waals surface area contributed by atoms with Crippen LogP contribution in [0.15, 0.2) is 5.38 Å². The van der Waals surface area contributed by atoms with Crippen LogP contribution in [0.3, 0.4) is 0 Å². The van der Waals surface area contributed by atoms with E-state index in [0.29, 0.717) is 11.4 Å². The highest BCUT2D eigenvalue weighted by Crippen LogP contribution is 2.16. The summed E-state index contributed by atoms with van der Waals surface area (Å²) in [6, 6.07) is -1.14. The number of thiazole rings is 1. The van der Waals surface area contributed by atoms with E-state index in [1.54, 1.807) is 19.2 Å². The van der Waals surface area contributed by atoms with Crippen molar-refractivity contribution in [3.63, 3.8) is 0 Å². The predicted octanol–water partition coefficient (Wildman–Crippen LogP) is 1.39. The second kappa shape index (κ2) is 6.63. The van der Waals surface area contributed by atoms with Gasteiger partial charge in [0.2, 0.25) is 0 Å². The van der Waals surface area contributed by atoms with Crippen molar-refractivity contribution < 1.29 is 14.7 Å². The summed E-state index contributed by atoms with van der Waals surface area (Å²) in [6.45, 7) is 5.44. The van der Waals surface area contributed by atoms with Crippen LogP contribution in [-0.2, 0) is 4.79 Å². The molecule has 1 rings (SSSR count). The third-order valence-electron chi connectivity index (χ3n) is 2.91. The van der Waals surface area contributed by atoms with Gasteiger partial charge in [0.05, 0.1) is 6.04 Å². The lowest BCUT2D eigenvalue weighted by atomic mass is 9.99. The summed E-state index contributed by atoms with van der Waals surface area (Å²) < 4.78 is 0. The normalized spacial score (nSPS) is 15.6. The summed E-state index contributed by atoms with van der Waals surface area (Å²) in [7, 11) is 0. The van der Waals surface area contributed by atoms with Crippen molar-refractivity contribution in [3.05, 3.63) is 16.1 Å². The Bertz CT molecular complexity index is 459. The number of nitrogens with one attached hydrogen (secondary N) is 1. The molecule has 106 valence electrons. The summed E-state index contributed by atoms with van der Waals surface area (Å²) in [5.41, 5.74) is 5.88. The molecule has 0 aromatic carbocycles. The summed E-state index contributed by atoms with van der Waals surface area (Å²) in [4.78, 5) is 27.2. The van der Waals surface area contributed by atoms with Gasteiger partial charge >= 0.3 is 5.97 Å². The number of nitrogens with two attached hydrogens (primary N) is 1. The molecule has 3 atom stereocenters. The van der Waals surface area contributed by atoms with Crippen molar-refractivity contribution in [2.45, 2.75) is 39.3 Å². The van der Waals surface area contributed by atoms with E-state index >= 15 is 0 Å². The van der Waals surface area contributed by atoms with E-state index in [1.165, 1.54) is 11.3 Å². The van der Waals surface area contributed by atoms with Gasteiger partial charge in [0.15, 0.2) is 0 Å². The molecule has 7 heteroatoms. The Labute approximate surface area is 116 Å². The summed E-state index contributed by atoms with van der Waals surface area (Å²) >= 11 is 1.29. The number of carboxylic acid groups (broad SMARTS) is 1. The van der Waals surface area contributed by atoms with E-state index < -0.39 is 17.9 Å². The van der Waals surface area contributed by atoms with Crippen LogP contribution < -0.4 is 11.1 Å². The van der Waals surface area contributed by atoms with Crippen LogP contribution in [0.5, 0.6) is 0 Å². The molecule has 0 fully saturated rings. The lowest BCUT2D eigenvalue weighted by Gasteiger charge is -2.19. The molecule has 0 aliphatic rings. The fourth-order valence-electron chi connectivity index (χ4n) is 1.50. The van der Waals surface area contributed by atoms with Crippen LogP contribution in [0.25, 0.3) is 0 Å². The van der Waals surface area contributed by atoms with E-state index in [-0.39, 0.29) is 17.7 Å². The number of amides is 1. The van der Waals surface area contributed by atoms with Gasteiger partial charge < -0.3 is 16.2 Å². The van der Waals surface area contributed by atoms with E-state index in [4.69, 9.17) is 10.8 Å². The highest BCUT2D eigenvalue weighted by atomic mass is 32.1. The smallest absolute Gasteiger partial charge is 0.326 e. The average molecular weight is 285 g/mol. The number of hydrogen-bond acceptors (Lipinski definition) is 5. The van der Waals surface area contributed by atoms with Crippen LogP contribution in [-0.4, -0.2) is 28.0 Å². The molecule has 0 saturated heterocycles. The number of hydrogen-bond donors (Lipinski definition) is 3. The molecule has 19 heavy (non-hydrogen) atoms. The highest BCUT2D eigenvalue weighted by Gasteiger charge is 2.26. The number of carboxylic acids is 1. The Hall–Kier alpha value is -1.47. The van der Waals surface area contributed by atoms with Gasteiger partial charge in [-0.05, 0) is 12.8 Å². The summed E-state index contributed by atoms with van der Waals surface area (Å²) in [6.07, 6.45) is 0.666. The van der Waals surface area contributed by atoms with Gasteiger partial charge in [0.1, 0.15) is 16.7 Å². The van der Waals surface area contributed by atoms with Gasteiger partial charge in [-0.15, -0.1) is 11.3 Å². The van der Waals surface area contributed by atoms with Gasteiger partial charge in [-0.2, -0.15) is 0 Å². The molecule has 6 nitrogen and oxygen atoms in total. The van der Waals surface area contributed by atoms with E-state index in [0.717, 1.165) is 0 Å². The van der Waals surface area contributed by atoms with Gasteiger partial charge in [-0.25, -0.2) is 9.78 Å². The average Bonchev–Trinajstić information content (AvgIpc) is 2.84. The van der Waals surface area contributed by atoms with Crippen molar-refractivity contribution in [1.82, 2.24) is 10.3 Å². The number of nitrogens with zero attached hydrogens (tertiary/aromatic N) is 1. The standard InChI is InChI=1S/C12H19N3O3S/c1-4-6(2)9(12(17)18)15-10(16)8-5-19-11(14-8)7(3)13/h5-7,9H,4,13H2,1-3H3,(H,15,16)(H,17,18)/t6-,7?,9-/m0/s1. The first-order chi connectivity index (χ1) is 8.86. The zero-order valence-corrected chi connectivity index (χ0v) is 12.0. The molecular formula is C12H19N3O3S. The Balaban J connectivity index is 2.79. The quantitative estimate of drug-likeness (QED) is 0.732. The first kappa shape index (κ1) is 15.6. The minimum atomic E-state index is -1.04. The van der Waals surface area contributed by atoms with Crippen LogP contribution >= 0.6 is 11.3 Å². The fraction of sp³-hybridized carbons (Fsp3) is 0.583. The number of aliphatic carboxylic acids is 1. The maximum absolute atomic E-state index is 11.9. The highest BCUT2D eigenvalue weighted by molar-refractivity contribution is 7.09. The Morgan fingerprint density at radius 1 is 1.53 bits per heavy atom. The monoisotopic (exact) mass is 285 g/mol. The third-order valence-corrected chi connectivity index (χ3v) is 3.96. The zero-order chi connectivity index (χ0) is 14.6. The van der Waals surface area contributed by atoms with Crippen molar-refractivity contribution in [2.75, 3.05) is 0 Å². The minimum Gasteiger partial charge on any atom is -0.480 e. The van der Waals surface area contributed by atoms with Crippen LogP contribution in [0.1, 0.15) is 48.7 Å². The Morgan fingerprint density at radius 3 is 2.58 bits per heavy atom. The largest absolute Gasteiger partial charge is 0.480 e. The molecule has 1 unspecified atom stereocenters. The summed E-state index contributed by atoms with van der Waals surface area (Å²) in [5.74, 6) is -1.66. The molecule has 0 aliphatic carbocycles. The van der Waals surface area contributed by atoms with Gasteiger partial charge in [-0.3, -0.25) is 4.79 Å². The molecule has 1 aromatic heterocycles. The lowest BCUT2D eigenvalue weighted by molar-refractivity contribution is -0.140. The van der Waals surface area contributed by atoms with Gasteiger partial charge in [0, 0.05) is 5.38 Å². The second-order valence-corrected chi connectivity index (χ2v) is 5.42.